The average molecular weight is 401 g/mol. The molecule has 1 fully saturated rings. The van der Waals surface area contributed by atoms with Crippen LogP contribution in [0.4, 0.5) is 5.82 Å². The molecule has 0 aliphatic heterocycles. The van der Waals surface area contributed by atoms with Crippen molar-refractivity contribution < 1.29 is 14.4 Å². The molecule has 2 aromatic rings. The Kier molecular flexibility index (Phi) is 7.61. The maximum absolute atomic E-state index is 11.3. The van der Waals surface area contributed by atoms with Gasteiger partial charge in [-0.15, -0.1) is 0 Å². The third-order valence-electron chi connectivity index (χ3n) is 5.56. The van der Waals surface area contributed by atoms with Crippen LogP contribution in [0.1, 0.15) is 83.4 Å². The number of hydrogen-bond donors (Lipinski definition) is 2. The van der Waals surface area contributed by atoms with E-state index in [1.54, 1.807) is 6.20 Å². The Labute approximate surface area is 172 Å². The predicted octanol–water partition coefficient (Wildman–Crippen LogP) is 5.26. The van der Waals surface area contributed by atoms with Gasteiger partial charge in [0.15, 0.2) is 0 Å². The lowest BCUT2D eigenvalue weighted by molar-refractivity contribution is -0.137. The normalized spacial score (nSPS) is 16.1. The summed E-state index contributed by atoms with van der Waals surface area (Å²) in [6.45, 7) is 4.11. The molecule has 0 bridgehead atoms. The number of nitrogens with one attached hydrogen (secondary N) is 1. The highest BCUT2D eigenvalue weighted by molar-refractivity contribution is 5.67. The summed E-state index contributed by atoms with van der Waals surface area (Å²) in [6, 6.07) is 4.07. The lowest BCUT2D eigenvalue weighted by Crippen LogP contribution is -2.10. The molecule has 1 aliphatic carbocycles. The molecule has 2 N–H and O–H groups in total. The number of anilines is 1. The fourth-order valence-electron chi connectivity index (χ4n) is 4.08. The summed E-state index contributed by atoms with van der Waals surface area (Å²) in [7, 11) is 0. The number of carboxylic acids is 1. The minimum absolute atomic E-state index is 0.0157. The quantitative estimate of drug-likeness (QED) is 0.561. The molecule has 1 aliphatic rings. The molecular weight excluding hydrogens is 368 g/mol. The molecule has 0 amide bonds. The summed E-state index contributed by atoms with van der Waals surface area (Å²) >= 11 is 0. The first-order chi connectivity index (χ1) is 14.0. The van der Waals surface area contributed by atoms with Crippen LogP contribution in [-0.4, -0.2) is 32.2 Å². The van der Waals surface area contributed by atoms with Gasteiger partial charge < -0.3 is 14.9 Å². The molecule has 0 saturated heterocycles. The molecule has 1 saturated carbocycles. The Morgan fingerprint density at radius 1 is 1.28 bits per heavy atom. The van der Waals surface area contributed by atoms with Gasteiger partial charge in [-0.1, -0.05) is 50.1 Å². The predicted molar refractivity (Wildman–Crippen MR) is 112 cm³/mol. The van der Waals surface area contributed by atoms with Crippen LogP contribution < -0.4 is 5.32 Å². The second kappa shape index (κ2) is 10.4. The standard InChI is InChI=1S/C22H32N4O3/c1-15(2)24-19-12-11-18(14-23-19)21-25-22(29-26-21)17(13-20(27)28)10-6-9-16-7-4-3-5-8-16/h11-12,14-17H,3-10,13H2,1-2H3,(H,23,24)(H,27,28). The van der Waals surface area contributed by atoms with Crippen molar-refractivity contribution in [2.75, 3.05) is 5.32 Å². The molecule has 1 unspecified atom stereocenters. The van der Waals surface area contributed by atoms with Gasteiger partial charge in [0, 0.05) is 23.7 Å². The van der Waals surface area contributed by atoms with Gasteiger partial charge in [-0.25, -0.2) is 4.98 Å². The molecule has 0 aromatic carbocycles. The van der Waals surface area contributed by atoms with Crippen molar-refractivity contribution in [1.82, 2.24) is 15.1 Å². The Morgan fingerprint density at radius 2 is 2.07 bits per heavy atom. The maximum atomic E-state index is 11.3. The molecule has 7 heteroatoms. The zero-order valence-corrected chi connectivity index (χ0v) is 17.4. The fourth-order valence-corrected chi connectivity index (χ4v) is 4.08. The van der Waals surface area contributed by atoms with E-state index >= 15 is 0 Å². The lowest BCUT2D eigenvalue weighted by Gasteiger charge is -2.21. The fraction of sp³-hybridized carbons (Fsp3) is 0.636. The number of hydrogen-bond acceptors (Lipinski definition) is 6. The third-order valence-corrected chi connectivity index (χ3v) is 5.56. The van der Waals surface area contributed by atoms with Crippen molar-refractivity contribution in [2.24, 2.45) is 5.92 Å². The van der Waals surface area contributed by atoms with Gasteiger partial charge >= 0.3 is 5.97 Å². The van der Waals surface area contributed by atoms with Gasteiger partial charge in [0.05, 0.1) is 6.42 Å². The molecule has 0 spiro atoms. The van der Waals surface area contributed by atoms with Crippen molar-refractivity contribution in [3.05, 3.63) is 24.2 Å². The average Bonchev–Trinajstić information content (AvgIpc) is 3.18. The van der Waals surface area contributed by atoms with Crippen LogP contribution in [0.3, 0.4) is 0 Å². The third kappa shape index (κ3) is 6.54. The first-order valence-electron chi connectivity index (χ1n) is 10.8. The summed E-state index contributed by atoms with van der Waals surface area (Å²) in [5.41, 5.74) is 0.755. The number of pyridine rings is 1. The molecule has 29 heavy (non-hydrogen) atoms. The van der Waals surface area contributed by atoms with Crippen LogP contribution in [0.5, 0.6) is 0 Å². The van der Waals surface area contributed by atoms with Gasteiger partial charge in [-0.3, -0.25) is 4.79 Å². The van der Waals surface area contributed by atoms with Crippen molar-refractivity contribution in [3.8, 4) is 11.4 Å². The van der Waals surface area contributed by atoms with Crippen molar-refractivity contribution in [2.45, 2.75) is 83.6 Å². The van der Waals surface area contributed by atoms with Crippen LogP contribution >= 0.6 is 0 Å². The molecule has 158 valence electrons. The molecule has 3 rings (SSSR count). The number of rotatable bonds is 10. The first-order valence-corrected chi connectivity index (χ1v) is 10.8. The topological polar surface area (TPSA) is 101 Å². The first kappa shape index (κ1) is 21.3. The maximum Gasteiger partial charge on any atom is 0.304 e. The Morgan fingerprint density at radius 3 is 2.72 bits per heavy atom. The van der Waals surface area contributed by atoms with E-state index in [1.165, 1.54) is 32.1 Å². The van der Waals surface area contributed by atoms with E-state index in [9.17, 15) is 9.90 Å². The van der Waals surface area contributed by atoms with Gasteiger partial charge in [-0.05, 0) is 38.3 Å². The van der Waals surface area contributed by atoms with E-state index < -0.39 is 5.97 Å². The van der Waals surface area contributed by atoms with Crippen molar-refractivity contribution >= 4 is 11.8 Å². The number of nitrogens with zero attached hydrogens (tertiary/aromatic N) is 3. The monoisotopic (exact) mass is 400 g/mol. The van der Waals surface area contributed by atoms with E-state index in [-0.39, 0.29) is 12.3 Å². The summed E-state index contributed by atoms with van der Waals surface area (Å²) in [4.78, 5) is 20.2. The molecule has 2 aromatic heterocycles. The van der Waals surface area contributed by atoms with E-state index in [4.69, 9.17) is 4.52 Å². The zero-order valence-electron chi connectivity index (χ0n) is 17.4. The zero-order chi connectivity index (χ0) is 20.6. The van der Waals surface area contributed by atoms with Crippen LogP contribution in [0, 0.1) is 5.92 Å². The van der Waals surface area contributed by atoms with E-state index in [0.29, 0.717) is 17.8 Å². The smallest absolute Gasteiger partial charge is 0.304 e. The van der Waals surface area contributed by atoms with E-state index in [1.807, 2.05) is 12.1 Å². The molecule has 2 heterocycles. The summed E-state index contributed by atoms with van der Waals surface area (Å²) in [5.74, 6) is 1.36. The van der Waals surface area contributed by atoms with Gasteiger partial charge in [0.2, 0.25) is 11.7 Å². The highest BCUT2D eigenvalue weighted by atomic mass is 16.5. The molecule has 1 atom stereocenters. The number of aliphatic carboxylic acids is 1. The summed E-state index contributed by atoms with van der Waals surface area (Å²) in [5, 5.41) is 16.6. The largest absolute Gasteiger partial charge is 0.481 e. The van der Waals surface area contributed by atoms with Crippen LogP contribution in [0.25, 0.3) is 11.4 Å². The Bertz CT molecular complexity index is 767. The van der Waals surface area contributed by atoms with Gasteiger partial charge in [0.1, 0.15) is 5.82 Å². The summed E-state index contributed by atoms with van der Waals surface area (Å²) in [6.07, 6.45) is 11.3. The van der Waals surface area contributed by atoms with Crippen molar-refractivity contribution in [3.63, 3.8) is 0 Å². The van der Waals surface area contributed by atoms with Gasteiger partial charge in [-0.2, -0.15) is 4.98 Å². The highest BCUT2D eigenvalue weighted by Crippen LogP contribution is 2.31. The summed E-state index contributed by atoms with van der Waals surface area (Å²) < 4.78 is 5.45. The number of aromatic nitrogens is 3. The lowest BCUT2D eigenvalue weighted by atomic mass is 9.84. The number of carbonyl (C=O) groups is 1. The highest BCUT2D eigenvalue weighted by Gasteiger charge is 2.23. The van der Waals surface area contributed by atoms with Crippen LogP contribution in [-0.2, 0) is 4.79 Å². The Hall–Kier alpha value is -2.44. The Balaban J connectivity index is 1.62. The SMILES string of the molecule is CC(C)Nc1ccc(-c2noc(C(CCCC3CCCCC3)CC(=O)O)n2)cn1. The second-order valence-corrected chi connectivity index (χ2v) is 8.42. The minimum atomic E-state index is -0.835. The number of carboxylic acid groups (broad SMARTS) is 1. The van der Waals surface area contributed by atoms with Crippen molar-refractivity contribution in [1.29, 1.82) is 0 Å². The van der Waals surface area contributed by atoms with E-state index in [2.05, 4.69) is 34.3 Å². The molecule has 7 nitrogen and oxygen atoms in total. The molecule has 0 radical (unpaired) electrons. The minimum Gasteiger partial charge on any atom is -0.481 e. The van der Waals surface area contributed by atoms with Crippen LogP contribution in [0.15, 0.2) is 22.9 Å². The molecular formula is C22H32N4O3. The van der Waals surface area contributed by atoms with E-state index in [0.717, 1.165) is 36.6 Å². The van der Waals surface area contributed by atoms with Gasteiger partial charge in [0.25, 0.3) is 0 Å². The second-order valence-electron chi connectivity index (χ2n) is 8.42. The van der Waals surface area contributed by atoms with Crippen LogP contribution in [0.2, 0.25) is 0 Å².